The highest BCUT2D eigenvalue weighted by Crippen LogP contribution is 2.11. The van der Waals surface area contributed by atoms with E-state index in [-0.39, 0.29) is 16.9 Å². The fraction of sp³-hybridized carbons (Fsp3) is 0.0714. The standard InChI is InChI=1S/C14H12N4O4/c1-9-3-2-4-12(15-9)14(20)17-16-13(19)10-5-7-11(8-6-10)18(21)22/h2-8H,1H3,(H,16,19)(H,17,20). The Bertz CT molecular complexity index is 728. The molecule has 2 aromatic rings. The van der Waals surface area contributed by atoms with Gasteiger partial charge in [-0.3, -0.25) is 30.6 Å². The Morgan fingerprint density at radius 3 is 2.27 bits per heavy atom. The molecule has 0 radical (unpaired) electrons. The summed E-state index contributed by atoms with van der Waals surface area (Å²) < 4.78 is 0. The Balaban J connectivity index is 1.97. The number of aromatic nitrogens is 1. The molecule has 0 aliphatic carbocycles. The molecule has 22 heavy (non-hydrogen) atoms. The van der Waals surface area contributed by atoms with Crippen LogP contribution in [0.3, 0.4) is 0 Å². The second-order valence-corrected chi connectivity index (χ2v) is 4.38. The first-order valence-electron chi connectivity index (χ1n) is 6.26. The van der Waals surface area contributed by atoms with E-state index in [9.17, 15) is 19.7 Å². The second-order valence-electron chi connectivity index (χ2n) is 4.38. The number of rotatable bonds is 3. The molecule has 0 fully saturated rings. The molecule has 2 rings (SSSR count). The van der Waals surface area contributed by atoms with Crippen LogP contribution < -0.4 is 10.9 Å². The fourth-order valence-corrected chi connectivity index (χ4v) is 1.65. The lowest BCUT2D eigenvalue weighted by Gasteiger charge is -2.07. The third-order valence-electron chi connectivity index (χ3n) is 2.75. The van der Waals surface area contributed by atoms with E-state index in [1.165, 1.54) is 30.3 Å². The molecule has 0 saturated heterocycles. The maximum absolute atomic E-state index is 11.8. The van der Waals surface area contributed by atoms with E-state index in [1.54, 1.807) is 19.1 Å². The van der Waals surface area contributed by atoms with Crippen molar-refractivity contribution in [2.45, 2.75) is 6.92 Å². The summed E-state index contributed by atoms with van der Waals surface area (Å²) in [7, 11) is 0. The number of carbonyl (C=O) groups excluding carboxylic acids is 2. The zero-order valence-corrected chi connectivity index (χ0v) is 11.6. The van der Waals surface area contributed by atoms with Gasteiger partial charge in [-0.05, 0) is 31.2 Å². The van der Waals surface area contributed by atoms with E-state index in [0.29, 0.717) is 5.69 Å². The van der Waals surface area contributed by atoms with Gasteiger partial charge in [-0.1, -0.05) is 6.07 Å². The number of nitrogens with one attached hydrogen (secondary N) is 2. The highest BCUT2D eigenvalue weighted by Gasteiger charge is 2.11. The smallest absolute Gasteiger partial charge is 0.267 e. The number of aryl methyl sites for hydroxylation is 1. The first-order chi connectivity index (χ1) is 10.5. The molecule has 0 bridgehead atoms. The minimum absolute atomic E-state index is 0.121. The molecule has 8 nitrogen and oxygen atoms in total. The van der Waals surface area contributed by atoms with Gasteiger partial charge in [0, 0.05) is 23.4 Å². The van der Waals surface area contributed by atoms with Crippen molar-refractivity contribution in [2.75, 3.05) is 0 Å². The summed E-state index contributed by atoms with van der Waals surface area (Å²) in [6.07, 6.45) is 0. The van der Waals surface area contributed by atoms with Crippen LogP contribution in [0.25, 0.3) is 0 Å². The molecule has 0 saturated carbocycles. The van der Waals surface area contributed by atoms with Gasteiger partial charge in [0.25, 0.3) is 17.5 Å². The third kappa shape index (κ3) is 3.63. The normalized spacial score (nSPS) is 9.86. The lowest BCUT2D eigenvalue weighted by atomic mass is 10.2. The number of nitro benzene ring substituents is 1. The summed E-state index contributed by atoms with van der Waals surface area (Å²) in [4.78, 5) is 37.6. The van der Waals surface area contributed by atoms with Gasteiger partial charge in [-0.25, -0.2) is 4.98 Å². The summed E-state index contributed by atoms with van der Waals surface area (Å²) in [6, 6.07) is 9.94. The van der Waals surface area contributed by atoms with Crippen molar-refractivity contribution in [1.82, 2.24) is 15.8 Å². The van der Waals surface area contributed by atoms with Crippen LogP contribution in [0.15, 0.2) is 42.5 Å². The number of hydrogen-bond donors (Lipinski definition) is 2. The highest BCUT2D eigenvalue weighted by atomic mass is 16.6. The number of hydrazine groups is 1. The Morgan fingerprint density at radius 1 is 1.05 bits per heavy atom. The first-order valence-corrected chi connectivity index (χ1v) is 6.26. The molecule has 112 valence electrons. The molecule has 1 aromatic heterocycles. The molecule has 1 aromatic carbocycles. The van der Waals surface area contributed by atoms with Crippen molar-refractivity contribution >= 4 is 17.5 Å². The number of pyridine rings is 1. The summed E-state index contributed by atoms with van der Waals surface area (Å²) in [6.45, 7) is 1.74. The topological polar surface area (TPSA) is 114 Å². The van der Waals surface area contributed by atoms with Gasteiger partial charge in [0.1, 0.15) is 5.69 Å². The van der Waals surface area contributed by atoms with Crippen LogP contribution in [0.1, 0.15) is 26.5 Å². The summed E-state index contributed by atoms with van der Waals surface area (Å²) >= 11 is 0. The minimum atomic E-state index is -0.587. The van der Waals surface area contributed by atoms with E-state index >= 15 is 0 Å². The maximum Gasteiger partial charge on any atom is 0.288 e. The molecule has 2 amide bonds. The largest absolute Gasteiger partial charge is 0.288 e. The molecular weight excluding hydrogens is 288 g/mol. The average molecular weight is 300 g/mol. The number of hydrogen-bond acceptors (Lipinski definition) is 5. The van der Waals surface area contributed by atoms with Crippen molar-refractivity contribution in [3.8, 4) is 0 Å². The van der Waals surface area contributed by atoms with Crippen LogP contribution in [0, 0.1) is 17.0 Å². The van der Waals surface area contributed by atoms with Crippen molar-refractivity contribution in [2.24, 2.45) is 0 Å². The predicted octanol–water partition coefficient (Wildman–Crippen LogP) is 1.37. The molecule has 0 spiro atoms. The van der Waals surface area contributed by atoms with E-state index < -0.39 is 16.7 Å². The van der Waals surface area contributed by atoms with Gasteiger partial charge in [0.05, 0.1) is 4.92 Å². The van der Waals surface area contributed by atoms with Gasteiger partial charge in [0.2, 0.25) is 0 Å². The maximum atomic E-state index is 11.8. The van der Waals surface area contributed by atoms with Crippen molar-refractivity contribution in [3.63, 3.8) is 0 Å². The van der Waals surface area contributed by atoms with E-state index in [0.717, 1.165) is 0 Å². The van der Waals surface area contributed by atoms with Gasteiger partial charge in [-0.15, -0.1) is 0 Å². The summed E-state index contributed by atoms with van der Waals surface area (Å²) in [5.74, 6) is -1.14. The number of amides is 2. The molecular formula is C14H12N4O4. The van der Waals surface area contributed by atoms with E-state index in [1.807, 2.05) is 0 Å². The highest BCUT2D eigenvalue weighted by molar-refractivity contribution is 5.98. The van der Waals surface area contributed by atoms with E-state index in [2.05, 4.69) is 15.8 Å². The predicted molar refractivity (Wildman–Crippen MR) is 77.0 cm³/mol. The summed E-state index contributed by atoms with van der Waals surface area (Å²) in [5, 5.41) is 10.5. The van der Waals surface area contributed by atoms with Gasteiger partial charge < -0.3 is 0 Å². The molecule has 0 aliphatic rings. The lowest BCUT2D eigenvalue weighted by Crippen LogP contribution is -2.42. The van der Waals surface area contributed by atoms with Crippen molar-refractivity contribution in [3.05, 3.63) is 69.5 Å². The van der Waals surface area contributed by atoms with Gasteiger partial charge in [0.15, 0.2) is 0 Å². The Morgan fingerprint density at radius 2 is 1.68 bits per heavy atom. The quantitative estimate of drug-likeness (QED) is 0.656. The minimum Gasteiger partial charge on any atom is -0.267 e. The number of carbonyl (C=O) groups is 2. The zero-order valence-electron chi connectivity index (χ0n) is 11.6. The van der Waals surface area contributed by atoms with Gasteiger partial charge in [-0.2, -0.15) is 0 Å². The first kappa shape index (κ1) is 15.1. The van der Waals surface area contributed by atoms with Crippen LogP contribution in [-0.2, 0) is 0 Å². The second kappa shape index (κ2) is 6.44. The van der Waals surface area contributed by atoms with Crippen LogP contribution in [0.5, 0.6) is 0 Å². The van der Waals surface area contributed by atoms with Crippen molar-refractivity contribution < 1.29 is 14.5 Å². The monoisotopic (exact) mass is 300 g/mol. The number of nitro groups is 1. The van der Waals surface area contributed by atoms with Crippen LogP contribution in [-0.4, -0.2) is 21.7 Å². The number of nitrogens with zero attached hydrogens (tertiary/aromatic N) is 2. The van der Waals surface area contributed by atoms with Crippen LogP contribution in [0.2, 0.25) is 0 Å². The molecule has 0 aliphatic heterocycles. The Kier molecular flexibility index (Phi) is 4.42. The Labute approximate surface area is 125 Å². The van der Waals surface area contributed by atoms with Crippen LogP contribution >= 0.6 is 0 Å². The van der Waals surface area contributed by atoms with E-state index in [4.69, 9.17) is 0 Å². The molecule has 2 N–H and O–H groups in total. The fourth-order valence-electron chi connectivity index (χ4n) is 1.65. The third-order valence-corrected chi connectivity index (χ3v) is 2.75. The number of benzene rings is 1. The Hall–Kier alpha value is -3.29. The number of non-ortho nitro benzene ring substituents is 1. The SMILES string of the molecule is Cc1cccc(C(=O)NNC(=O)c2ccc([N+](=O)[O-])cc2)n1. The van der Waals surface area contributed by atoms with Gasteiger partial charge >= 0.3 is 0 Å². The molecule has 8 heteroatoms. The zero-order chi connectivity index (χ0) is 16.1. The molecule has 0 atom stereocenters. The lowest BCUT2D eigenvalue weighted by molar-refractivity contribution is -0.384. The summed E-state index contributed by atoms with van der Waals surface area (Å²) in [5.41, 5.74) is 5.35. The average Bonchev–Trinajstić information content (AvgIpc) is 2.52. The molecule has 1 heterocycles. The van der Waals surface area contributed by atoms with Crippen molar-refractivity contribution in [1.29, 1.82) is 0 Å². The van der Waals surface area contributed by atoms with Crippen LogP contribution in [0.4, 0.5) is 5.69 Å². The molecule has 0 unspecified atom stereocenters.